The molecule has 2 aromatic rings. The number of rotatable bonds is 7. The van der Waals surface area contributed by atoms with Gasteiger partial charge in [0.2, 0.25) is 0 Å². The lowest BCUT2D eigenvalue weighted by Crippen LogP contribution is -2.37. The van der Waals surface area contributed by atoms with Crippen LogP contribution in [-0.4, -0.2) is 29.2 Å². The highest BCUT2D eigenvalue weighted by Crippen LogP contribution is 2.07. The van der Waals surface area contributed by atoms with Gasteiger partial charge in [-0.25, -0.2) is 4.99 Å². The summed E-state index contributed by atoms with van der Waals surface area (Å²) >= 11 is 1.71. The van der Waals surface area contributed by atoms with Crippen LogP contribution in [0.15, 0.2) is 28.0 Å². The summed E-state index contributed by atoms with van der Waals surface area (Å²) in [6.45, 7) is 6.63. The number of aromatic nitrogens is 2. The lowest BCUT2D eigenvalue weighted by atomic mass is 10.1. The maximum Gasteiger partial charge on any atom is 0.191 e. The average molecular weight is 433 g/mol. The topological polar surface area (TPSA) is 65.1 Å². The first kappa shape index (κ1) is 19.0. The molecule has 0 radical (unpaired) electrons. The standard InChI is InChI=1S/C15H23N5S.HI/c1-3-16-15(18-9-13-6-8-21-11-13)17-7-4-5-14-10-19-20-12(14)2;/h6,8,10-11H,3-5,7,9H2,1-2H3,(H,19,20)(H2,16,17,18);1H. The number of hydrogen-bond acceptors (Lipinski definition) is 3. The number of aliphatic imine (C=N–C) groups is 1. The Hall–Kier alpha value is -1.09. The van der Waals surface area contributed by atoms with Crippen LogP contribution in [0.4, 0.5) is 0 Å². The van der Waals surface area contributed by atoms with Gasteiger partial charge in [0, 0.05) is 18.8 Å². The number of H-pyrrole nitrogens is 1. The molecule has 2 rings (SSSR count). The normalized spacial score (nSPS) is 11.1. The van der Waals surface area contributed by atoms with E-state index in [9.17, 15) is 0 Å². The third kappa shape index (κ3) is 6.35. The molecule has 7 heteroatoms. The first-order valence-corrected chi connectivity index (χ1v) is 8.26. The van der Waals surface area contributed by atoms with Crippen LogP contribution in [0, 0.1) is 6.92 Å². The second kappa shape index (κ2) is 10.6. The Morgan fingerprint density at radius 2 is 2.27 bits per heavy atom. The summed E-state index contributed by atoms with van der Waals surface area (Å²) in [4.78, 5) is 4.59. The van der Waals surface area contributed by atoms with Crippen molar-refractivity contribution in [2.75, 3.05) is 13.1 Å². The van der Waals surface area contributed by atoms with E-state index in [0.717, 1.165) is 44.1 Å². The highest BCUT2D eigenvalue weighted by molar-refractivity contribution is 14.0. The van der Waals surface area contributed by atoms with Crippen molar-refractivity contribution in [3.8, 4) is 0 Å². The SMILES string of the molecule is CCNC(=NCc1ccsc1)NCCCc1cn[nH]c1C.I. The lowest BCUT2D eigenvalue weighted by molar-refractivity contribution is 0.742. The molecule has 0 aromatic carbocycles. The number of hydrogen-bond donors (Lipinski definition) is 3. The van der Waals surface area contributed by atoms with Crippen LogP contribution >= 0.6 is 35.3 Å². The second-order valence-corrected chi connectivity index (χ2v) is 5.66. The van der Waals surface area contributed by atoms with Gasteiger partial charge >= 0.3 is 0 Å². The number of thiophene rings is 1. The predicted molar refractivity (Wildman–Crippen MR) is 104 cm³/mol. The highest BCUT2D eigenvalue weighted by Gasteiger charge is 2.01. The maximum absolute atomic E-state index is 4.59. The van der Waals surface area contributed by atoms with Crippen LogP contribution in [0.3, 0.4) is 0 Å². The average Bonchev–Trinajstić information content (AvgIpc) is 3.13. The number of aromatic amines is 1. The van der Waals surface area contributed by atoms with Crippen molar-refractivity contribution in [2.45, 2.75) is 33.2 Å². The molecule has 0 atom stereocenters. The minimum atomic E-state index is 0. The summed E-state index contributed by atoms with van der Waals surface area (Å²) in [5.41, 5.74) is 3.70. The monoisotopic (exact) mass is 433 g/mol. The molecule has 0 spiro atoms. The van der Waals surface area contributed by atoms with E-state index in [-0.39, 0.29) is 24.0 Å². The van der Waals surface area contributed by atoms with Gasteiger partial charge in [-0.2, -0.15) is 16.4 Å². The molecule has 0 aliphatic rings. The first-order valence-electron chi connectivity index (χ1n) is 7.31. The maximum atomic E-state index is 4.59. The van der Waals surface area contributed by atoms with Crippen molar-refractivity contribution in [2.24, 2.45) is 4.99 Å². The van der Waals surface area contributed by atoms with Crippen LogP contribution < -0.4 is 10.6 Å². The van der Waals surface area contributed by atoms with E-state index in [1.807, 2.05) is 6.20 Å². The second-order valence-electron chi connectivity index (χ2n) is 4.88. The van der Waals surface area contributed by atoms with Crippen LogP contribution in [-0.2, 0) is 13.0 Å². The molecule has 0 saturated carbocycles. The minimum absolute atomic E-state index is 0. The molecule has 0 bridgehead atoms. The third-order valence-electron chi connectivity index (χ3n) is 3.19. The smallest absolute Gasteiger partial charge is 0.191 e. The van der Waals surface area contributed by atoms with Gasteiger partial charge in [0.25, 0.3) is 0 Å². The van der Waals surface area contributed by atoms with Gasteiger partial charge in [0.15, 0.2) is 5.96 Å². The molecule has 0 fully saturated rings. The summed E-state index contributed by atoms with van der Waals surface area (Å²) in [5.74, 6) is 0.882. The molecule has 2 aromatic heterocycles. The van der Waals surface area contributed by atoms with E-state index < -0.39 is 0 Å². The highest BCUT2D eigenvalue weighted by atomic mass is 127. The molecule has 5 nitrogen and oxygen atoms in total. The van der Waals surface area contributed by atoms with Crippen molar-refractivity contribution >= 4 is 41.3 Å². The number of aryl methyl sites for hydroxylation is 2. The molecular formula is C15H24IN5S. The number of halogens is 1. The summed E-state index contributed by atoms with van der Waals surface area (Å²) in [7, 11) is 0. The van der Waals surface area contributed by atoms with E-state index in [1.165, 1.54) is 11.1 Å². The largest absolute Gasteiger partial charge is 0.357 e. The Morgan fingerprint density at radius 3 is 2.91 bits per heavy atom. The molecule has 0 aliphatic heterocycles. The van der Waals surface area contributed by atoms with Crippen LogP contribution in [0.5, 0.6) is 0 Å². The molecule has 0 saturated heterocycles. The fraction of sp³-hybridized carbons (Fsp3) is 0.467. The number of nitrogens with one attached hydrogen (secondary N) is 3. The van der Waals surface area contributed by atoms with E-state index in [4.69, 9.17) is 0 Å². The van der Waals surface area contributed by atoms with Crippen LogP contribution in [0.1, 0.15) is 30.2 Å². The van der Waals surface area contributed by atoms with Crippen molar-refractivity contribution in [3.05, 3.63) is 39.8 Å². The van der Waals surface area contributed by atoms with Crippen molar-refractivity contribution < 1.29 is 0 Å². The van der Waals surface area contributed by atoms with Gasteiger partial charge in [0.1, 0.15) is 0 Å². The van der Waals surface area contributed by atoms with Crippen LogP contribution in [0.25, 0.3) is 0 Å². The van der Waals surface area contributed by atoms with Crippen molar-refractivity contribution in [3.63, 3.8) is 0 Å². The Labute approximate surface area is 153 Å². The predicted octanol–water partition coefficient (Wildman–Crippen LogP) is 3.09. The summed E-state index contributed by atoms with van der Waals surface area (Å²) in [5, 5.41) is 17.9. The molecule has 3 N–H and O–H groups in total. The zero-order chi connectivity index (χ0) is 14.9. The zero-order valence-corrected chi connectivity index (χ0v) is 16.2. The Bertz CT molecular complexity index is 550. The van der Waals surface area contributed by atoms with Crippen molar-refractivity contribution in [1.82, 2.24) is 20.8 Å². The Balaban J connectivity index is 0.00000242. The summed E-state index contributed by atoms with van der Waals surface area (Å²) in [6, 6.07) is 2.11. The summed E-state index contributed by atoms with van der Waals surface area (Å²) in [6.07, 6.45) is 3.99. The quantitative estimate of drug-likeness (QED) is 0.272. The van der Waals surface area contributed by atoms with Gasteiger partial charge in [-0.15, -0.1) is 24.0 Å². The van der Waals surface area contributed by atoms with Gasteiger partial charge in [-0.1, -0.05) is 0 Å². The third-order valence-corrected chi connectivity index (χ3v) is 3.93. The number of nitrogens with zero attached hydrogens (tertiary/aromatic N) is 2. The van der Waals surface area contributed by atoms with E-state index in [2.05, 4.69) is 56.5 Å². The van der Waals surface area contributed by atoms with E-state index in [1.54, 1.807) is 11.3 Å². The molecule has 0 amide bonds. The van der Waals surface area contributed by atoms with Crippen LogP contribution in [0.2, 0.25) is 0 Å². The first-order chi connectivity index (χ1) is 10.3. The molecule has 22 heavy (non-hydrogen) atoms. The molecular weight excluding hydrogens is 409 g/mol. The minimum Gasteiger partial charge on any atom is -0.357 e. The Kier molecular flexibility index (Phi) is 9.14. The van der Waals surface area contributed by atoms with E-state index in [0.29, 0.717) is 0 Å². The fourth-order valence-corrected chi connectivity index (χ4v) is 2.67. The fourth-order valence-electron chi connectivity index (χ4n) is 2.01. The molecule has 0 aliphatic carbocycles. The van der Waals surface area contributed by atoms with Crippen molar-refractivity contribution in [1.29, 1.82) is 0 Å². The number of guanidine groups is 1. The van der Waals surface area contributed by atoms with Gasteiger partial charge < -0.3 is 10.6 Å². The van der Waals surface area contributed by atoms with E-state index >= 15 is 0 Å². The lowest BCUT2D eigenvalue weighted by Gasteiger charge is -2.10. The summed E-state index contributed by atoms with van der Waals surface area (Å²) < 4.78 is 0. The van der Waals surface area contributed by atoms with Gasteiger partial charge in [-0.05, 0) is 54.6 Å². The zero-order valence-electron chi connectivity index (χ0n) is 13.1. The molecule has 0 unspecified atom stereocenters. The van der Waals surface area contributed by atoms with Gasteiger partial charge in [-0.3, -0.25) is 5.10 Å². The van der Waals surface area contributed by atoms with Gasteiger partial charge in [0.05, 0.1) is 12.7 Å². The molecule has 122 valence electrons. The molecule has 2 heterocycles. The Morgan fingerprint density at radius 1 is 1.41 bits per heavy atom.